The molecule has 1 aliphatic heterocycles. The SMILES string of the molecule is O=C(Nc1ccc2c(c1)OCO2)c1c[nH]c(=O)n(-c2ccccc2)c1=O. The Morgan fingerprint density at radius 1 is 1.04 bits per heavy atom. The first-order valence-electron chi connectivity index (χ1n) is 7.74. The molecule has 26 heavy (non-hydrogen) atoms. The number of aromatic nitrogens is 2. The van der Waals surface area contributed by atoms with Gasteiger partial charge in [0.1, 0.15) is 5.56 Å². The number of fused-ring (bicyclic) bond motifs is 1. The summed E-state index contributed by atoms with van der Waals surface area (Å²) in [5.41, 5.74) is -0.710. The molecule has 0 radical (unpaired) electrons. The van der Waals surface area contributed by atoms with Gasteiger partial charge in [-0.1, -0.05) is 18.2 Å². The van der Waals surface area contributed by atoms with Crippen molar-refractivity contribution in [3.8, 4) is 17.2 Å². The van der Waals surface area contributed by atoms with Crippen molar-refractivity contribution in [2.75, 3.05) is 12.1 Å². The number of para-hydroxylation sites is 1. The van der Waals surface area contributed by atoms with Crippen LogP contribution in [-0.2, 0) is 0 Å². The zero-order valence-electron chi connectivity index (χ0n) is 13.4. The van der Waals surface area contributed by atoms with Crippen LogP contribution in [0.3, 0.4) is 0 Å². The first-order chi connectivity index (χ1) is 12.6. The molecule has 0 atom stereocenters. The molecule has 0 spiro atoms. The fourth-order valence-electron chi connectivity index (χ4n) is 2.62. The van der Waals surface area contributed by atoms with E-state index in [4.69, 9.17) is 9.47 Å². The molecule has 0 saturated heterocycles. The van der Waals surface area contributed by atoms with Gasteiger partial charge < -0.3 is 19.8 Å². The summed E-state index contributed by atoms with van der Waals surface area (Å²) in [7, 11) is 0. The quantitative estimate of drug-likeness (QED) is 0.745. The van der Waals surface area contributed by atoms with Crippen molar-refractivity contribution >= 4 is 11.6 Å². The number of hydrogen-bond acceptors (Lipinski definition) is 5. The van der Waals surface area contributed by atoms with Crippen LogP contribution >= 0.6 is 0 Å². The summed E-state index contributed by atoms with van der Waals surface area (Å²) in [5, 5.41) is 2.62. The standard InChI is InChI=1S/C18H13N3O5/c22-16(20-11-6-7-14-15(8-11)26-10-25-14)13-9-19-18(24)21(17(13)23)12-4-2-1-3-5-12/h1-9H,10H2,(H,19,24)(H,20,22). The van der Waals surface area contributed by atoms with Gasteiger partial charge in [-0.15, -0.1) is 0 Å². The maximum atomic E-state index is 12.6. The number of carbonyl (C=O) groups is 1. The van der Waals surface area contributed by atoms with Crippen molar-refractivity contribution in [2.45, 2.75) is 0 Å². The maximum absolute atomic E-state index is 12.6. The van der Waals surface area contributed by atoms with Crippen LogP contribution in [0, 0.1) is 0 Å². The van der Waals surface area contributed by atoms with E-state index in [1.54, 1.807) is 48.5 Å². The second kappa shape index (κ2) is 6.25. The molecule has 4 rings (SSSR count). The van der Waals surface area contributed by atoms with E-state index in [0.717, 1.165) is 10.8 Å². The molecule has 1 aliphatic rings. The highest BCUT2D eigenvalue weighted by atomic mass is 16.7. The molecule has 1 amide bonds. The van der Waals surface area contributed by atoms with Crippen LogP contribution in [0.4, 0.5) is 5.69 Å². The van der Waals surface area contributed by atoms with E-state index in [2.05, 4.69) is 10.3 Å². The maximum Gasteiger partial charge on any atom is 0.333 e. The summed E-state index contributed by atoms with van der Waals surface area (Å²) in [6.07, 6.45) is 1.10. The average Bonchev–Trinajstić information content (AvgIpc) is 3.10. The number of aromatic amines is 1. The Morgan fingerprint density at radius 2 is 1.81 bits per heavy atom. The lowest BCUT2D eigenvalue weighted by Gasteiger charge is -2.08. The second-order valence-corrected chi connectivity index (χ2v) is 5.51. The molecular formula is C18H13N3O5. The molecule has 0 saturated carbocycles. The van der Waals surface area contributed by atoms with Crippen LogP contribution in [0.2, 0.25) is 0 Å². The zero-order chi connectivity index (χ0) is 18.1. The first kappa shape index (κ1) is 15.7. The third-order valence-electron chi connectivity index (χ3n) is 3.87. The molecule has 2 aromatic carbocycles. The third-order valence-corrected chi connectivity index (χ3v) is 3.87. The fraction of sp³-hybridized carbons (Fsp3) is 0.0556. The highest BCUT2D eigenvalue weighted by Gasteiger charge is 2.18. The number of ether oxygens (including phenoxy) is 2. The van der Waals surface area contributed by atoms with E-state index in [9.17, 15) is 14.4 Å². The van der Waals surface area contributed by atoms with Gasteiger partial charge in [-0.3, -0.25) is 9.59 Å². The largest absolute Gasteiger partial charge is 0.454 e. The molecule has 2 N–H and O–H groups in total. The fourth-order valence-corrected chi connectivity index (χ4v) is 2.62. The number of carbonyl (C=O) groups excluding carboxylic acids is 1. The molecule has 1 aromatic heterocycles. The number of benzene rings is 2. The number of H-pyrrole nitrogens is 1. The van der Waals surface area contributed by atoms with Gasteiger partial charge in [0.05, 0.1) is 5.69 Å². The van der Waals surface area contributed by atoms with Gasteiger partial charge >= 0.3 is 5.69 Å². The summed E-state index contributed by atoms with van der Waals surface area (Å²) >= 11 is 0. The Kier molecular flexibility index (Phi) is 3.77. The second-order valence-electron chi connectivity index (χ2n) is 5.51. The van der Waals surface area contributed by atoms with Crippen molar-refractivity contribution in [1.29, 1.82) is 0 Å². The molecule has 130 valence electrons. The Balaban J connectivity index is 1.69. The minimum Gasteiger partial charge on any atom is -0.454 e. The molecule has 0 unspecified atom stereocenters. The monoisotopic (exact) mass is 351 g/mol. The lowest BCUT2D eigenvalue weighted by atomic mass is 10.2. The smallest absolute Gasteiger partial charge is 0.333 e. The summed E-state index contributed by atoms with van der Waals surface area (Å²) < 4.78 is 11.4. The van der Waals surface area contributed by atoms with Crippen LogP contribution in [-0.4, -0.2) is 22.3 Å². The van der Waals surface area contributed by atoms with E-state index >= 15 is 0 Å². The van der Waals surface area contributed by atoms with Gasteiger partial charge in [0.15, 0.2) is 11.5 Å². The molecule has 8 nitrogen and oxygen atoms in total. The summed E-state index contributed by atoms with van der Waals surface area (Å²) in [6.45, 7) is 0.119. The molecule has 2 heterocycles. The molecule has 3 aromatic rings. The Morgan fingerprint density at radius 3 is 2.62 bits per heavy atom. The van der Waals surface area contributed by atoms with Crippen molar-refractivity contribution < 1.29 is 14.3 Å². The van der Waals surface area contributed by atoms with Crippen LogP contribution in [0.1, 0.15) is 10.4 Å². The summed E-state index contributed by atoms with van der Waals surface area (Å²) in [4.78, 5) is 39.6. The van der Waals surface area contributed by atoms with Crippen molar-refractivity contribution in [3.63, 3.8) is 0 Å². The minimum absolute atomic E-state index is 0.119. The van der Waals surface area contributed by atoms with Gasteiger partial charge in [0, 0.05) is 18.0 Å². The summed E-state index contributed by atoms with van der Waals surface area (Å²) in [5.74, 6) is 0.444. The summed E-state index contributed by atoms with van der Waals surface area (Å²) in [6, 6.07) is 13.3. The zero-order valence-corrected chi connectivity index (χ0v) is 13.4. The van der Waals surface area contributed by atoms with Gasteiger partial charge in [-0.05, 0) is 24.3 Å². The van der Waals surface area contributed by atoms with Crippen LogP contribution in [0.15, 0.2) is 64.3 Å². The number of nitrogens with zero attached hydrogens (tertiary/aromatic N) is 1. The van der Waals surface area contributed by atoms with Crippen molar-refractivity contribution in [1.82, 2.24) is 9.55 Å². The lowest BCUT2D eigenvalue weighted by molar-refractivity contribution is 0.102. The Bertz CT molecular complexity index is 1100. The van der Waals surface area contributed by atoms with Crippen LogP contribution < -0.4 is 26.0 Å². The van der Waals surface area contributed by atoms with E-state index < -0.39 is 17.2 Å². The van der Waals surface area contributed by atoms with Crippen LogP contribution in [0.25, 0.3) is 5.69 Å². The van der Waals surface area contributed by atoms with Gasteiger partial charge in [0.25, 0.3) is 11.5 Å². The van der Waals surface area contributed by atoms with Crippen molar-refractivity contribution in [2.24, 2.45) is 0 Å². The van der Waals surface area contributed by atoms with E-state index in [-0.39, 0.29) is 12.4 Å². The molecule has 0 aliphatic carbocycles. The predicted octanol–water partition coefficient (Wildman–Crippen LogP) is 1.51. The number of anilines is 1. The van der Waals surface area contributed by atoms with Gasteiger partial charge in [-0.2, -0.15) is 0 Å². The average molecular weight is 351 g/mol. The number of rotatable bonds is 3. The predicted molar refractivity (Wildman–Crippen MR) is 93.2 cm³/mol. The topological polar surface area (TPSA) is 102 Å². The number of amides is 1. The van der Waals surface area contributed by atoms with E-state index in [1.165, 1.54) is 0 Å². The molecule has 0 bridgehead atoms. The molecular weight excluding hydrogens is 338 g/mol. The normalized spacial score (nSPS) is 12.0. The van der Waals surface area contributed by atoms with Gasteiger partial charge in [-0.25, -0.2) is 9.36 Å². The lowest BCUT2D eigenvalue weighted by Crippen LogP contribution is -2.38. The number of hydrogen-bond donors (Lipinski definition) is 2. The van der Waals surface area contributed by atoms with Gasteiger partial charge in [0.2, 0.25) is 6.79 Å². The third kappa shape index (κ3) is 2.73. The van der Waals surface area contributed by atoms with Crippen molar-refractivity contribution in [3.05, 3.63) is 81.1 Å². The van der Waals surface area contributed by atoms with E-state index in [1.807, 2.05) is 0 Å². The Hall–Kier alpha value is -3.81. The molecule has 8 heteroatoms. The number of nitrogens with one attached hydrogen (secondary N) is 2. The minimum atomic E-state index is -0.710. The highest BCUT2D eigenvalue weighted by Crippen LogP contribution is 2.34. The molecule has 0 fully saturated rings. The van der Waals surface area contributed by atoms with Crippen LogP contribution in [0.5, 0.6) is 11.5 Å². The highest BCUT2D eigenvalue weighted by molar-refractivity contribution is 6.04. The van der Waals surface area contributed by atoms with E-state index in [0.29, 0.717) is 22.9 Å². The Labute approximate surface area is 146 Å². The first-order valence-corrected chi connectivity index (χ1v) is 7.74.